The van der Waals surface area contributed by atoms with Crippen LogP contribution in [0.4, 0.5) is 0 Å². The lowest BCUT2D eigenvalue weighted by Crippen LogP contribution is -2.32. The molecule has 0 spiro atoms. The SMILES string of the molecule is CCCNC1c2cncc(Br)c2CCC1C. The average molecular weight is 283 g/mol. The summed E-state index contributed by atoms with van der Waals surface area (Å²) in [5.74, 6) is 0.704. The molecule has 2 atom stereocenters. The second-order valence-corrected chi connectivity index (χ2v) is 5.49. The molecule has 1 aliphatic rings. The van der Waals surface area contributed by atoms with Crippen molar-refractivity contribution in [2.75, 3.05) is 6.54 Å². The molecule has 0 bridgehead atoms. The molecule has 2 nitrogen and oxygen atoms in total. The average Bonchev–Trinajstić information content (AvgIpc) is 2.28. The van der Waals surface area contributed by atoms with Crippen LogP contribution < -0.4 is 5.32 Å². The summed E-state index contributed by atoms with van der Waals surface area (Å²) in [4.78, 5) is 4.30. The van der Waals surface area contributed by atoms with Gasteiger partial charge < -0.3 is 5.32 Å². The monoisotopic (exact) mass is 282 g/mol. The number of nitrogens with one attached hydrogen (secondary N) is 1. The van der Waals surface area contributed by atoms with Gasteiger partial charge in [-0.05, 0) is 58.8 Å². The van der Waals surface area contributed by atoms with E-state index in [1.165, 1.54) is 34.9 Å². The Morgan fingerprint density at radius 1 is 1.50 bits per heavy atom. The third-order valence-electron chi connectivity index (χ3n) is 3.41. The minimum atomic E-state index is 0.480. The van der Waals surface area contributed by atoms with Crippen molar-refractivity contribution in [1.82, 2.24) is 10.3 Å². The van der Waals surface area contributed by atoms with E-state index in [1.54, 1.807) is 0 Å². The first-order valence-corrected chi connectivity index (χ1v) is 6.89. The van der Waals surface area contributed by atoms with Crippen LogP contribution in [0.1, 0.15) is 43.9 Å². The minimum Gasteiger partial charge on any atom is -0.310 e. The highest BCUT2D eigenvalue weighted by molar-refractivity contribution is 9.10. The fourth-order valence-electron chi connectivity index (χ4n) is 2.46. The highest BCUT2D eigenvalue weighted by atomic mass is 79.9. The number of nitrogens with zero attached hydrogens (tertiary/aromatic N) is 1. The van der Waals surface area contributed by atoms with Crippen molar-refractivity contribution in [3.05, 3.63) is 28.0 Å². The lowest BCUT2D eigenvalue weighted by atomic mass is 9.81. The molecule has 88 valence electrons. The minimum absolute atomic E-state index is 0.480. The summed E-state index contributed by atoms with van der Waals surface area (Å²) in [6.45, 7) is 5.62. The van der Waals surface area contributed by atoms with Crippen LogP contribution in [0, 0.1) is 5.92 Å². The zero-order valence-corrected chi connectivity index (χ0v) is 11.5. The number of pyridine rings is 1. The number of halogens is 1. The molecule has 3 heteroatoms. The molecule has 0 saturated carbocycles. The molecular formula is C13H19BrN2. The van der Waals surface area contributed by atoms with Gasteiger partial charge in [-0.15, -0.1) is 0 Å². The predicted octanol–water partition coefficient (Wildman–Crippen LogP) is 3.47. The highest BCUT2D eigenvalue weighted by Crippen LogP contribution is 2.36. The Balaban J connectivity index is 2.29. The molecule has 2 unspecified atom stereocenters. The van der Waals surface area contributed by atoms with Gasteiger partial charge >= 0.3 is 0 Å². The zero-order chi connectivity index (χ0) is 11.5. The van der Waals surface area contributed by atoms with Crippen molar-refractivity contribution < 1.29 is 0 Å². The van der Waals surface area contributed by atoms with Gasteiger partial charge in [0.05, 0.1) is 0 Å². The maximum Gasteiger partial charge on any atom is 0.0413 e. The quantitative estimate of drug-likeness (QED) is 0.918. The summed E-state index contributed by atoms with van der Waals surface area (Å²) in [5.41, 5.74) is 2.84. The third kappa shape index (κ3) is 2.30. The van der Waals surface area contributed by atoms with Gasteiger partial charge in [-0.25, -0.2) is 0 Å². The smallest absolute Gasteiger partial charge is 0.0413 e. The lowest BCUT2D eigenvalue weighted by Gasteiger charge is -2.32. The lowest BCUT2D eigenvalue weighted by molar-refractivity contribution is 0.344. The summed E-state index contributed by atoms with van der Waals surface area (Å²) in [7, 11) is 0. The number of rotatable bonds is 3. The first-order valence-electron chi connectivity index (χ1n) is 6.09. The maximum absolute atomic E-state index is 4.30. The van der Waals surface area contributed by atoms with Crippen molar-refractivity contribution in [2.45, 2.75) is 39.2 Å². The van der Waals surface area contributed by atoms with Crippen LogP contribution in [0.25, 0.3) is 0 Å². The molecule has 16 heavy (non-hydrogen) atoms. The fourth-order valence-corrected chi connectivity index (χ4v) is 3.01. The van der Waals surface area contributed by atoms with E-state index in [9.17, 15) is 0 Å². The van der Waals surface area contributed by atoms with Crippen molar-refractivity contribution >= 4 is 15.9 Å². The fraction of sp³-hybridized carbons (Fsp3) is 0.615. The van der Waals surface area contributed by atoms with Gasteiger partial charge in [0.15, 0.2) is 0 Å². The number of aromatic nitrogens is 1. The molecule has 0 radical (unpaired) electrons. The van der Waals surface area contributed by atoms with E-state index in [4.69, 9.17) is 0 Å². The van der Waals surface area contributed by atoms with Crippen molar-refractivity contribution in [3.8, 4) is 0 Å². The molecule has 1 aliphatic carbocycles. The van der Waals surface area contributed by atoms with Gasteiger partial charge in [0, 0.05) is 22.9 Å². The topological polar surface area (TPSA) is 24.9 Å². The summed E-state index contributed by atoms with van der Waals surface area (Å²) in [6, 6.07) is 0.480. The van der Waals surface area contributed by atoms with Crippen LogP contribution in [0.15, 0.2) is 16.9 Å². The maximum atomic E-state index is 4.30. The molecule has 0 aliphatic heterocycles. The summed E-state index contributed by atoms with van der Waals surface area (Å²) in [5, 5.41) is 3.64. The normalized spacial score (nSPS) is 24.2. The van der Waals surface area contributed by atoms with E-state index < -0.39 is 0 Å². The van der Waals surface area contributed by atoms with Crippen LogP contribution in [0.2, 0.25) is 0 Å². The van der Waals surface area contributed by atoms with E-state index in [0.717, 1.165) is 6.54 Å². The molecule has 2 rings (SSSR count). The third-order valence-corrected chi connectivity index (χ3v) is 4.09. The Kier molecular flexibility index (Phi) is 3.98. The molecule has 1 heterocycles. The van der Waals surface area contributed by atoms with Gasteiger partial charge in [-0.1, -0.05) is 13.8 Å². The molecular weight excluding hydrogens is 264 g/mol. The van der Waals surface area contributed by atoms with E-state index in [-0.39, 0.29) is 0 Å². The van der Waals surface area contributed by atoms with Crippen LogP contribution in [-0.2, 0) is 6.42 Å². The van der Waals surface area contributed by atoms with Crippen molar-refractivity contribution in [3.63, 3.8) is 0 Å². The Hall–Kier alpha value is -0.410. The second-order valence-electron chi connectivity index (χ2n) is 4.64. The van der Waals surface area contributed by atoms with Crippen molar-refractivity contribution in [1.29, 1.82) is 0 Å². The Labute approximate surface area is 106 Å². The van der Waals surface area contributed by atoms with Gasteiger partial charge in [0.1, 0.15) is 0 Å². The summed E-state index contributed by atoms with van der Waals surface area (Å²) < 4.78 is 1.17. The number of hydrogen-bond acceptors (Lipinski definition) is 2. The van der Waals surface area contributed by atoms with Gasteiger partial charge in [0.25, 0.3) is 0 Å². The van der Waals surface area contributed by atoms with Crippen LogP contribution in [-0.4, -0.2) is 11.5 Å². The molecule has 1 N–H and O–H groups in total. The van der Waals surface area contributed by atoms with Crippen molar-refractivity contribution in [2.24, 2.45) is 5.92 Å². The molecule has 1 aromatic heterocycles. The molecule has 0 amide bonds. The summed E-state index contributed by atoms with van der Waals surface area (Å²) >= 11 is 3.61. The van der Waals surface area contributed by atoms with E-state index in [1.807, 2.05) is 12.4 Å². The Morgan fingerprint density at radius 3 is 3.06 bits per heavy atom. The first kappa shape index (κ1) is 12.1. The largest absolute Gasteiger partial charge is 0.310 e. The van der Waals surface area contributed by atoms with E-state index in [2.05, 4.69) is 40.1 Å². The van der Waals surface area contributed by atoms with Gasteiger partial charge in [0.2, 0.25) is 0 Å². The van der Waals surface area contributed by atoms with Gasteiger partial charge in [-0.2, -0.15) is 0 Å². The van der Waals surface area contributed by atoms with E-state index >= 15 is 0 Å². The standard InChI is InChI=1S/C13H19BrN2/c1-3-6-16-13-9(2)4-5-10-11(13)7-15-8-12(10)14/h7-9,13,16H,3-6H2,1-2H3. The Bertz CT molecular complexity index is 365. The molecule has 0 saturated heterocycles. The molecule has 0 fully saturated rings. The molecule has 1 aromatic rings. The zero-order valence-electron chi connectivity index (χ0n) is 9.96. The van der Waals surface area contributed by atoms with Crippen LogP contribution in [0.3, 0.4) is 0 Å². The Morgan fingerprint density at radius 2 is 2.31 bits per heavy atom. The van der Waals surface area contributed by atoms with Crippen LogP contribution in [0.5, 0.6) is 0 Å². The highest BCUT2D eigenvalue weighted by Gasteiger charge is 2.27. The predicted molar refractivity (Wildman–Crippen MR) is 70.5 cm³/mol. The second kappa shape index (κ2) is 5.28. The number of fused-ring (bicyclic) bond motifs is 1. The van der Waals surface area contributed by atoms with Crippen LogP contribution >= 0.6 is 15.9 Å². The molecule has 0 aromatic carbocycles. The van der Waals surface area contributed by atoms with E-state index in [0.29, 0.717) is 12.0 Å². The number of hydrogen-bond donors (Lipinski definition) is 1. The summed E-state index contributed by atoms with van der Waals surface area (Å²) in [6.07, 6.45) is 7.55. The van der Waals surface area contributed by atoms with Gasteiger partial charge in [-0.3, -0.25) is 4.98 Å². The first-order chi connectivity index (χ1) is 7.74.